The summed E-state index contributed by atoms with van der Waals surface area (Å²) in [6.07, 6.45) is -12.4. The Morgan fingerprint density at radius 1 is 1.03 bits per heavy atom. The van der Waals surface area contributed by atoms with E-state index in [1.54, 1.807) is 18.2 Å². The molecule has 0 saturated carbocycles. The largest absolute Gasteiger partial charge is 0.416 e. The third-order valence-electron chi connectivity index (χ3n) is 6.11. The Hall–Kier alpha value is -1.79. The van der Waals surface area contributed by atoms with E-state index >= 15 is 0 Å². The number of ether oxygens (including phenoxy) is 2. The van der Waals surface area contributed by atoms with Gasteiger partial charge < -0.3 is 19.7 Å². The van der Waals surface area contributed by atoms with Crippen molar-refractivity contribution in [3.05, 3.63) is 70.8 Å². The van der Waals surface area contributed by atoms with Gasteiger partial charge in [-0.15, -0.1) is 0 Å². The Kier molecular flexibility index (Phi) is 9.73. The lowest BCUT2D eigenvalue weighted by Crippen LogP contribution is -2.43. The number of benzene rings is 2. The zero-order valence-corrected chi connectivity index (χ0v) is 20.2. The lowest BCUT2D eigenvalue weighted by molar-refractivity contribution is -0.216. The summed E-state index contributed by atoms with van der Waals surface area (Å²) in [6.45, 7) is 1.54. The van der Waals surface area contributed by atoms with Gasteiger partial charge in [-0.2, -0.15) is 38.1 Å². The van der Waals surface area contributed by atoms with E-state index in [1.165, 1.54) is 18.7 Å². The van der Waals surface area contributed by atoms with Gasteiger partial charge in [-0.25, -0.2) is 0 Å². The fourth-order valence-electron chi connectivity index (χ4n) is 4.33. The summed E-state index contributed by atoms with van der Waals surface area (Å²) < 4.78 is 91.8. The quantitative estimate of drug-likeness (QED) is 0.302. The Balaban J connectivity index is 1.91. The van der Waals surface area contributed by atoms with Crippen LogP contribution >= 0.6 is 11.8 Å². The zero-order chi connectivity index (χ0) is 26.5. The fourth-order valence-corrected chi connectivity index (χ4v) is 5.11. The van der Waals surface area contributed by atoms with Crippen LogP contribution in [0.1, 0.15) is 47.6 Å². The highest BCUT2D eigenvalue weighted by Crippen LogP contribution is 2.42. The molecule has 0 radical (unpaired) electrons. The lowest BCUT2D eigenvalue weighted by atomic mass is 9.79. The summed E-state index contributed by atoms with van der Waals surface area (Å²) in [4.78, 5) is 0. The van der Waals surface area contributed by atoms with Crippen LogP contribution in [0.2, 0.25) is 0 Å². The van der Waals surface area contributed by atoms with E-state index in [2.05, 4.69) is 0 Å². The molecule has 3 rings (SSSR count). The number of alkyl halides is 6. The van der Waals surface area contributed by atoms with Gasteiger partial charge in [-0.3, -0.25) is 0 Å². The molecule has 0 bridgehead atoms. The Morgan fingerprint density at radius 3 is 2.19 bits per heavy atom. The first-order valence-corrected chi connectivity index (χ1v) is 12.6. The van der Waals surface area contributed by atoms with Crippen molar-refractivity contribution in [2.45, 2.75) is 50.1 Å². The molecule has 0 spiro atoms. The van der Waals surface area contributed by atoms with Crippen LogP contribution in [0.15, 0.2) is 48.5 Å². The summed E-state index contributed by atoms with van der Waals surface area (Å²) >= 11 is 1.38. The van der Waals surface area contributed by atoms with Gasteiger partial charge in [0.05, 0.1) is 36.5 Å². The van der Waals surface area contributed by atoms with Crippen LogP contribution in [0.3, 0.4) is 0 Å². The van der Waals surface area contributed by atoms with E-state index in [0.29, 0.717) is 30.1 Å². The Morgan fingerprint density at radius 2 is 1.64 bits per heavy atom. The van der Waals surface area contributed by atoms with Crippen molar-refractivity contribution in [2.75, 3.05) is 24.7 Å². The molecule has 0 aromatic heterocycles. The van der Waals surface area contributed by atoms with Crippen molar-refractivity contribution in [1.82, 2.24) is 0 Å². The molecule has 4 nitrogen and oxygen atoms in total. The molecule has 200 valence electrons. The fraction of sp³-hybridized carbons (Fsp3) is 0.520. The van der Waals surface area contributed by atoms with Crippen LogP contribution in [0, 0.1) is 5.92 Å². The molecule has 0 amide bonds. The number of rotatable bonds is 9. The number of hydrogen-bond acceptors (Lipinski definition) is 5. The lowest BCUT2D eigenvalue weighted by Gasteiger charge is -2.41. The third kappa shape index (κ3) is 7.38. The van der Waals surface area contributed by atoms with Crippen LogP contribution in [-0.2, 0) is 21.8 Å². The first kappa shape index (κ1) is 28.8. The van der Waals surface area contributed by atoms with Crippen molar-refractivity contribution < 1.29 is 46.0 Å². The minimum Gasteiger partial charge on any atom is -0.396 e. The van der Waals surface area contributed by atoms with Crippen LogP contribution in [-0.4, -0.2) is 47.3 Å². The molecule has 1 saturated heterocycles. The Bertz CT molecular complexity index is 937. The minimum atomic E-state index is -4.97. The molecule has 5 atom stereocenters. The summed E-state index contributed by atoms with van der Waals surface area (Å²) in [6, 6.07) is 10.4. The van der Waals surface area contributed by atoms with E-state index in [0.717, 1.165) is 5.56 Å². The van der Waals surface area contributed by atoms with Crippen LogP contribution in [0.25, 0.3) is 0 Å². The molecule has 2 N–H and O–H groups in total. The average Bonchev–Trinajstić information content (AvgIpc) is 2.83. The monoisotopic (exact) mass is 538 g/mol. The van der Waals surface area contributed by atoms with E-state index in [-0.39, 0.29) is 30.8 Å². The van der Waals surface area contributed by atoms with Gasteiger partial charge in [0.2, 0.25) is 0 Å². The highest BCUT2D eigenvalue weighted by molar-refractivity contribution is 7.99. The predicted octanol–water partition coefficient (Wildman–Crippen LogP) is 6.03. The summed E-state index contributed by atoms with van der Waals surface area (Å²) in [5, 5.41) is 19.9. The first-order chi connectivity index (χ1) is 16.9. The Labute approximate surface area is 209 Å². The molecular formula is C25H28F6O4S. The topological polar surface area (TPSA) is 58.9 Å². The summed E-state index contributed by atoms with van der Waals surface area (Å²) in [5.74, 6) is -0.0548. The second-order valence-corrected chi connectivity index (χ2v) is 9.76. The van der Waals surface area contributed by atoms with E-state index < -0.39 is 47.9 Å². The summed E-state index contributed by atoms with van der Waals surface area (Å²) in [5.41, 5.74) is -2.35. The van der Waals surface area contributed by atoms with Gasteiger partial charge >= 0.3 is 12.4 Å². The van der Waals surface area contributed by atoms with Crippen molar-refractivity contribution in [3.63, 3.8) is 0 Å². The number of aliphatic hydroxyl groups excluding tert-OH is 2. The van der Waals surface area contributed by atoms with Crippen LogP contribution in [0.4, 0.5) is 26.3 Å². The third-order valence-corrected chi connectivity index (χ3v) is 7.16. The van der Waals surface area contributed by atoms with Gasteiger partial charge in [0.15, 0.2) is 6.29 Å². The minimum absolute atomic E-state index is 0.0343. The molecule has 3 unspecified atom stereocenters. The maximum atomic E-state index is 13.3. The molecule has 1 aliphatic heterocycles. The maximum absolute atomic E-state index is 13.3. The normalized spacial score (nSPS) is 22.9. The second kappa shape index (κ2) is 12.2. The smallest absolute Gasteiger partial charge is 0.396 e. The molecule has 0 aliphatic carbocycles. The van der Waals surface area contributed by atoms with E-state index in [1.807, 2.05) is 12.1 Å². The SMILES string of the molecule is C[C@@H](O[C@@H]1OCCC(C(O)CSCCO)C1c1ccccc1)c1cc(C(F)(F)F)cc(C(F)(F)F)c1. The van der Waals surface area contributed by atoms with Crippen LogP contribution < -0.4 is 0 Å². The van der Waals surface area contributed by atoms with E-state index in [4.69, 9.17) is 14.6 Å². The van der Waals surface area contributed by atoms with Crippen LogP contribution in [0.5, 0.6) is 0 Å². The first-order valence-electron chi connectivity index (χ1n) is 11.4. The second-order valence-electron chi connectivity index (χ2n) is 8.61. The van der Waals surface area contributed by atoms with Gasteiger partial charge in [0.25, 0.3) is 0 Å². The number of halogens is 6. The molecule has 1 aliphatic rings. The number of hydrogen-bond donors (Lipinski definition) is 2. The maximum Gasteiger partial charge on any atom is 0.416 e. The average molecular weight is 539 g/mol. The van der Waals surface area contributed by atoms with E-state index in [9.17, 15) is 31.4 Å². The van der Waals surface area contributed by atoms with Gasteiger partial charge in [0.1, 0.15) is 0 Å². The zero-order valence-electron chi connectivity index (χ0n) is 19.4. The molecule has 2 aromatic carbocycles. The van der Waals surface area contributed by atoms with Crippen molar-refractivity contribution in [2.24, 2.45) is 5.92 Å². The van der Waals surface area contributed by atoms with Gasteiger partial charge in [-0.1, -0.05) is 30.3 Å². The highest BCUT2D eigenvalue weighted by atomic mass is 32.2. The molecule has 11 heteroatoms. The standard InChI is InChI=1S/C25H28F6O4S/c1-15(17-11-18(24(26,27)28)13-19(12-17)25(29,30)31)35-23-22(16-5-3-2-4-6-16)20(7-9-34-23)21(33)14-36-10-8-32/h2-6,11-13,15,20-23,32-33H,7-10,14H2,1H3/t15-,20?,21?,22?,23+/m1/s1. The number of thioether (sulfide) groups is 1. The molecule has 2 aromatic rings. The number of aliphatic hydroxyl groups is 2. The summed E-state index contributed by atoms with van der Waals surface area (Å²) in [7, 11) is 0. The molecule has 1 heterocycles. The molecule has 36 heavy (non-hydrogen) atoms. The van der Waals surface area contributed by atoms with Gasteiger partial charge in [-0.05, 0) is 48.6 Å². The highest BCUT2D eigenvalue weighted by Gasteiger charge is 2.41. The van der Waals surface area contributed by atoms with Crippen molar-refractivity contribution in [1.29, 1.82) is 0 Å². The van der Waals surface area contributed by atoms with Crippen molar-refractivity contribution in [3.8, 4) is 0 Å². The predicted molar refractivity (Wildman–Crippen MR) is 123 cm³/mol. The van der Waals surface area contributed by atoms with Crippen molar-refractivity contribution >= 4 is 11.8 Å². The molecular weight excluding hydrogens is 510 g/mol. The van der Waals surface area contributed by atoms with Gasteiger partial charge in [0, 0.05) is 17.4 Å². The molecule has 1 fully saturated rings.